The lowest BCUT2D eigenvalue weighted by Crippen LogP contribution is -2.48. The Balaban J connectivity index is 1.63. The Labute approximate surface area is 148 Å². The van der Waals surface area contributed by atoms with Gasteiger partial charge in [-0.15, -0.1) is 0 Å². The molecular formula is C20H27N3O2. The number of fused-ring (bicyclic) bond motifs is 1. The van der Waals surface area contributed by atoms with Crippen LogP contribution in [0.15, 0.2) is 29.1 Å². The zero-order chi connectivity index (χ0) is 17.8. The van der Waals surface area contributed by atoms with Crippen molar-refractivity contribution >= 4 is 16.8 Å². The Morgan fingerprint density at radius 2 is 1.92 bits per heavy atom. The molecule has 1 amide bonds. The van der Waals surface area contributed by atoms with Crippen molar-refractivity contribution < 1.29 is 4.79 Å². The first-order chi connectivity index (χ1) is 12.1. The third-order valence-corrected chi connectivity index (χ3v) is 4.94. The average Bonchev–Trinajstić information content (AvgIpc) is 2.61. The summed E-state index contributed by atoms with van der Waals surface area (Å²) in [6, 6.07) is 8.10. The van der Waals surface area contributed by atoms with E-state index < -0.39 is 0 Å². The van der Waals surface area contributed by atoms with Gasteiger partial charge in [0.25, 0.3) is 5.56 Å². The van der Waals surface area contributed by atoms with Crippen molar-refractivity contribution in [2.45, 2.75) is 39.7 Å². The molecule has 0 atom stereocenters. The minimum absolute atomic E-state index is 0.0143. The number of aryl methyl sites for hydroxylation is 1. The maximum absolute atomic E-state index is 12.4. The number of hydrogen-bond donors (Lipinski definition) is 1. The average molecular weight is 341 g/mol. The van der Waals surface area contributed by atoms with Crippen LogP contribution >= 0.6 is 0 Å². The zero-order valence-corrected chi connectivity index (χ0v) is 15.2. The lowest BCUT2D eigenvalue weighted by Gasteiger charge is -2.34. The molecule has 5 nitrogen and oxygen atoms in total. The van der Waals surface area contributed by atoms with E-state index in [1.54, 1.807) is 0 Å². The van der Waals surface area contributed by atoms with Crippen LogP contribution in [0.3, 0.4) is 0 Å². The second-order valence-electron chi connectivity index (χ2n) is 6.97. The van der Waals surface area contributed by atoms with E-state index in [-0.39, 0.29) is 11.5 Å². The summed E-state index contributed by atoms with van der Waals surface area (Å²) in [6.07, 6.45) is 2.67. The fraction of sp³-hybridized carbons (Fsp3) is 0.500. The van der Waals surface area contributed by atoms with Crippen molar-refractivity contribution in [3.05, 3.63) is 45.7 Å². The molecule has 0 unspecified atom stereocenters. The van der Waals surface area contributed by atoms with E-state index in [0.717, 1.165) is 61.1 Å². The monoisotopic (exact) mass is 341 g/mol. The van der Waals surface area contributed by atoms with Crippen LogP contribution in [-0.4, -0.2) is 46.9 Å². The molecule has 1 aromatic carbocycles. The number of nitrogens with zero attached hydrogens (tertiary/aromatic N) is 2. The molecule has 0 spiro atoms. The van der Waals surface area contributed by atoms with E-state index in [0.29, 0.717) is 13.0 Å². The van der Waals surface area contributed by atoms with Gasteiger partial charge in [-0.25, -0.2) is 0 Å². The predicted molar refractivity (Wildman–Crippen MR) is 101 cm³/mol. The van der Waals surface area contributed by atoms with Gasteiger partial charge < -0.3 is 9.88 Å². The highest BCUT2D eigenvalue weighted by Crippen LogP contribution is 2.15. The number of nitrogens with one attached hydrogen (secondary N) is 1. The number of carbonyl (C=O) groups is 1. The van der Waals surface area contributed by atoms with E-state index in [1.165, 1.54) is 0 Å². The van der Waals surface area contributed by atoms with Gasteiger partial charge in [0.05, 0.1) is 0 Å². The van der Waals surface area contributed by atoms with Crippen LogP contribution in [0.5, 0.6) is 0 Å². The summed E-state index contributed by atoms with van der Waals surface area (Å²) < 4.78 is 0. The number of H-pyrrole nitrogens is 1. The summed E-state index contributed by atoms with van der Waals surface area (Å²) in [7, 11) is 0. The minimum Gasteiger partial charge on any atom is -0.340 e. The Hall–Kier alpha value is -2.14. The first-order valence-corrected chi connectivity index (χ1v) is 9.19. The first kappa shape index (κ1) is 17.7. The highest BCUT2D eigenvalue weighted by atomic mass is 16.2. The molecule has 1 aliphatic heterocycles. The predicted octanol–water partition coefficient (Wildman–Crippen LogP) is 2.67. The number of aromatic nitrogens is 1. The highest BCUT2D eigenvalue weighted by Gasteiger charge is 2.21. The van der Waals surface area contributed by atoms with Crippen molar-refractivity contribution in [1.82, 2.24) is 14.8 Å². The van der Waals surface area contributed by atoms with Gasteiger partial charge in [-0.3, -0.25) is 14.5 Å². The maximum Gasteiger partial charge on any atom is 0.252 e. The quantitative estimate of drug-likeness (QED) is 0.910. The number of benzene rings is 1. The van der Waals surface area contributed by atoms with E-state index in [1.807, 2.05) is 24.0 Å². The molecule has 0 saturated carbocycles. The SMILES string of the molecule is CCCCC(=O)N1CCN(Cc2cc3ccc(C)cc3[nH]c2=O)CC1. The molecule has 0 bridgehead atoms. The van der Waals surface area contributed by atoms with Gasteiger partial charge in [-0.2, -0.15) is 0 Å². The number of amides is 1. The van der Waals surface area contributed by atoms with E-state index >= 15 is 0 Å². The minimum atomic E-state index is -0.0143. The molecule has 134 valence electrons. The third-order valence-electron chi connectivity index (χ3n) is 4.94. The number of carbonyl (C=O) groups excluding carboxylic acids is 1. The zero-order valence-electron chi connectivity index (χ0n) is 15.2. The van der Waals surface area contributed by atoms with Crippen molar-refractivity contribution in [1.29, 1.82) is 0 Å². The molecule has 25 heavy (non-hydrogen) atoms. The summed E-state index contributed by atoms with van der Waals surface area (Å²) in [5.74, 6) is 0.264. The first-order valence-electron chi connectivity index (χ1n) is 9.19. The van der Waals surface area contributed by atoms with Crippen LogP contribution in [-0.2, 0) is 11.3 Å². The van der Waals surface area contributed by atoms with Crippen LogP contribution in [0, 0.1) is 6.92 Å². The van der Waals surface area contributed by atoms with Crippen LogP contribution < -0.4 is 5.56 Å². The summed E-state index contributed by atoms with van der Waals surface area (Å²) in [5.41, 5.74) is 2.81. The molecule has 2 heterocycles. The second kappa shape index (κ2) is 7.83. The molecule has 1 aliphatic rings. The number of pyridine rings is 1. The summed E-state index contributed by atoms with van der Waals surface area (Å²) in [4.78, 5) is 31.7. The number of rotatable bonds is 5. The lowest BCUT2D eigenvalue weighted by atomic mass is 10.1. The van der Waals surface area contributed by atoms with Gasteiger partial charge in [0.1, 0.15) is 0 Å². The molecule has 1 N–H and O–H groups in total. The van der Waals surface area contributed by atoms with Gasteiger partial charge in [0, 0.05) is 50.2 Å². The van der Waals surface area contributed by atoms with Crippen LogP contribution in [0.25, 0.3) is 10.9 Å². The molecule has 5 heteroatoms. The largest absolute Gasteiger partial charge is 0.340 e. The van der Waals surface area contributed by atoms with Crippen LogP contribution in [0.4, 0.5) is 0 Å². The topological polar surface area (TPSA) is 56.4 Å². The van der Waals surface area contributed by atoms with Crippen molar-refractivity contribution in [2.24, 2.45) is 0 Å². The molecule has 1 aromatic heterocycles. The Morgan fingerprint density at radius 3 is 2.64 bits per heavy atom. The summed E-state index contributed by atoms with van der Waals surface area (Å²) in [5, 5.41) is 1.06. The third kappa shape index (κ3) is 4.28. The van der Waals surface area contributed by atoms with Crippen LogP contribution in [0.1, 0.15) is 37.3 Å². The lowest BCUT2D eigenvalue weighted by molar-refractivity contribution is -0.133. The summed E-state index contributed by atoms with van der Waals surface area (Å²) >= 11 is 0. The molecular weight excluding hydrogens is 314 g/mol. The molecule has 1 saturated heterocycles. The Morgan fingerprint density at radius 1 is 1.16 bits per heavy atom. The smallest absolute Gasteiger partial charge is 0.252 e. The number of aromatic amines is 1. The highest BCUT2D eigenvalue weighted by molar-refractivity contribution is 5.79. The normalized spacial score (nSPS) is 15.7. The maximum atomic E-state index is 12.4. The van der Waals surface area contributed by atoms with Gasteiger partial charge in [-0.05, 0) is 36.4 Å². The van der Waals surface area contributed by atoms with Crippen molar-refractivity contribution in [2.75, 3.05) is 26.2 Å². The molecule has 0 aliphatic carbocycles. The standard InChI is InChI=1S/C20H27N3O2/c1-3-4-5-19(24)23-10-8-22(9-11-23)14-17-13-16-7-6-15(2)12-18(16)21-20(17)25/h6-7,12-13H,3-5,8-11,14H2,1-2H3,(H,21,25). The molecule has 0 radical (unpaired) electrons. The van der Waals surface area contributed by atoms with E-state index in [4.69, 9.17) is 0 Å². The van der Waals surface area contributed by atoms with Crippen molar-refractivity contribution in [3.8, 4) is 0 Å². The van der Waals surface area contributed by atoms with Crippen molar-refractivity contribution in [3.63, 3.8) is 0 Å². The van der Waals surface area contributed by atoms with Gasteiger partial charge >= 0.3 is 0 Å². The number of unbranched alkanes of at least 4 members (excludes halogenated alkanes) is 1. The van der Waals surface area contributed by atoms with E-state index in [2.05, 4.69) is 28.9 Å². The molecule has 1 fully saturated rings. The van der Waals surface area contributed by atoms with Gasteiger partial charge in [0.15, 0.2) is 0 Å². The van der Waals surface area contributed by atoms with Crippen LogP contribution in [0.2, 0.25) is 0 Å². The fourth-order valence-electron chi connectivity index (χ4n) is 3.36. The van der Waals surface area contributed by atoms with Gasteiger partial charge in [0.2, 0.25) is 5.91 Å². The molecule has 3 rings (SSSR count). The Bertz CT molecular complexity index is 804. The second-order valence-corrected chi connectivity index (χ2v) is 6.97. The number of hydrogen-bond acceptors (Lipinski definition) is 3. The molecule has 2 aromatic rings. The summed E-state index contributed by atoms with van der Waals surface area (Å²) in [6.45, 7) is 7.92. The van der Waals surface area contributed by atoms with Gasteiger partial charge in [-0.1, -0.05) is 25.5 Å². The van der Waals surface area contributed by atoms with E-state index in [9.17, 15) is 9.59 Å². The fourth-order valence-corrected chi connectivity index (χ4v) is 3.36. The Kier molecular flexibility index (Phi) is 5.53. The number of piperazine rings is 1.